The van der Waals surface area contributed by atoms with E-state index in [0.29, 0.717) is 16.9 Å². The molecule has 2 heterocycles. The van der Waals surface area contributed by atoms with Crippen molar-refractivity contribution in [1.29, 1.82) is 0 Å². The molecule has 6 rings (SSSR count). The quantitative estimate of drug-likeness (QED) is 0.403. The number of likely N-dealkylation sites (tertiary alicyclic amines) is 1. The highest BCUT2D eigenvalue weighted by Gasteiger charge is 2.60. The van der Waals surface area contributed by atoms with Crippen LogP contribution in [-0.4, -0.2) is 32.0 Å². The van der Waals surface area contributed by atoms with E-state index in [2.05, 4.69) is 5.32 Å². The highest BCUT2D eigenvalue weighted by molar-refractivity contribution is 6.07. The van der Waals surface area contributed by atoms with E-state index in [1.807, 2.05) is 30.4 Å². The zero-order valence-corrected chi connectivity index (χ0v) is 21.0. The van der Waals surface area contributed by atoms with E-state index < -0.39 is 35.2 Å². The van der Waals surface area contributed by atoms with E-state index in [-0.39, 0.29) is 35.8 Å². The van der Waals surface area contributed by atoms with Gasteiger partial charge in [0.25, 0.3) is 5.56 Å². The average Bonchev–Trinajstić information content (AvgIpc) is 3.63. The Morgan fingerprint density at radius 2 is 1.66 bits per heavy atom. The van der Waals surface area contributed by atoms with Crippen molar-refractivity contribution < 1.29 is 18.8 Å². The molecule has 5 unspecified atom stereocenters. The summed E-state index contributed by atoms with van der Waals surface area (Å²) in [5.74, 6) is -2.57. The van der Waals surface area contributed by atoms with Gasteiger partial charge < -0.3 is 5.32 Å². The predicted molar refractivity (Wildman–Crippen MR) is 138 cm³/mol. The maximum atomic E-state index is 14.2. The van der Waals surface area contributed by atoms with Crippen LogP contribution in [0.5, 0.6) is 0 Å². The third-order valence-corrected chi connectivity index (χ3v) is 8.25. The number of amides is 3. The summed E-state index contributed by atoms with van der Waals surface area (Å²) in [7, 11) is 1.72. The summed E-state index contributed by atoms with van der Waals surface area (Å²) >= 11 is 0. The second-order valence-corrected chi connectivity index (χ2v) is 10.3. The van der Waals surface area contributed by atoms with Crippen LogP contribution in [0, 0.1) is 36.4 Å². The number of nitrogens with zero attached hydrogens (tertiary/aromatic N) is 3. The van der Waals surface area contributed by atoms with Gasteiger partial charge in [0.1, 0.15) is 11.5 Å². The molecule has 0 radical (unpaired) electrons. The van der Waals surface area contributed by atoms with Gasteiger partial charge in [0.2, 0.25) is 17.7 Å². The van der Waals surface area contributed by atoms with Crippen LogP contribution in [-0.2, 0) is 21.4 Å². The molecule has 3 amide bonds. The number of anilines is 1. The number of carbonyl (C=O) groups excluding carboxylic acids is 3. The molecule has 1 N–H and O–H groups in total. The highest BCUT2D eigenvalue weighted by Crippen LogP contribution is 2.54. The third-order valence-electron chi connectivity index (χ3n) is 8.25. The number of imide groups is 1. The molecule has 2 aliphatic carbocycles. The molecular formula is C29H27FN4O4. The summed E-state index contributed by atoms with van der Waals surface area (Å²) in [5.41, 5.74) is 1.24. The number of hydrogen-bond donors (Lipinski definition) is 1. The van der Waals surface area contributed by atoms with Gasteiger partial charge in [-0.3, -0.25) is 28.8 Å². The second kappa shape index (κ2) is 8.93. The number of hydrogen-bond acceptors (Lipinski definition) is 4. The molecule has 2 aromatic carbocycles. The minimum absolute atomic E-state index is 0.0110. The second-order valence-electron chi connectivity index (χ2n) is 10.3. The van der Waals surface area contributed by atoms with Crippen molar-refractivity contribution in [3.05, 3.63) is 94.2 Å². The summed E-state index contributed by atoms with van der Waals surface area (Å²) in [6.07, 6.45) is 4.48. The number of fused-ring (bicyclic) bond motifs is 5. The number of allylic oxidation sites excluding steroid dienone is 2. The van der Waals surface area contributed by atoms with E-state index in [1.165, 1.54) is 22.9 Å². The Kier molecular flexibility index (Phi) is 5.66. The zero-order valence-electron chi connectivity index (χ0n) is 21.0. The van der Waals surface area contributed by atoms with Crippen LogP contribution in [0.25, 0.3) is 5.69 Å². The monoisotopic (exact) mass is 514 g/mol. The van der Waals surface area contributed by atoms with Crippen molar-refractivity contribution in [2.24, 2.45) is 30.7 Å². The van der Waals surface area contributed by atoms with Crippen LogP contribution < -0.4 is 10.9 Å². The molecule has 5 atom stereocenters. The first-order valence-corrected chi connectivity index (χ1v) is 12.7. The van der Waals surface area contributed by atoms with Crippen LogP contribution in [0.3, 0.4) is 0 Å². The molecule has 1 aliphatic heterocycles. The smallest absolute Gasteiger partial charge is 0.295 e. The van der Waals surface area contributed by atoms with Crippen LogP contribution >= 0.6 is 0 Å². The number of nitrogens with one attached hydrogen (secondary N) is 1. The van der Waals surface area contributed by atoms with Crippen molar-refractivity contribution >= 4 is 23.4 Å². The van der Waals surface area contributed by atoms with Gasteiger partial charge in [-0.2, -0.15) is 0 Å². The van der Waals surface area contributed by atoms with E-state index in [1.54, 1.807) is 36.9 Å². The molecule has 3 aromatic rings. The van der Waals surface area contributed by atoms with Crippen LogP contribution in [0.2, 0.25) is 0 Å². The topological polar surface area (TPSA) is 93.4 Å². The van der Waals surface area contributed by atoms with Crippen LogP contribution in [0.1, 0.15) is 30.1 Å². The van der Waals surface area contributed by atoms with Gasteiger partial charge in [-0.15, -0.1) is 0 Å². The van der Waals surface area contributed by atoms with Crippen LogP contribution in [0.15, 0.2) is 71.5 Å². The fraction of sp³-hybridized carbons (Fsp3) is 0.310. The Morgan fingerprint density at radius 3 is 2.29 bits per heavy atom. The molecule has 2 fully saturated rings. The molecule has 1 aromatic heterocycles. The number of carbonyl (C=O) groups is 3. The fourth-order valence-corrected chi connectivity index (χ4v) is 6.38. The van der Waals surface area contributed by atoms with E-state index in [4.69, 9.17) is 0 Å². The van der Waals surface area contributed by atoms with Gasteiger partial charge in [0.05, 0.1) is 35.7 Å². The number of para-hydroxylation sites is 1. The Hall–Kier alpha value is -4.27. The van der Waals surface area contributed by atoms with Gasteiger partial charge in [-0.1, -0.05) is 42.5 Å². The van der Waals surface area contributed by atoms with E-state index in [9.17, 15) is 23.6 Å². The summed E-state index contributed by atoms with van der Waals surface area (Å²) in [6.45, 7) is 1.72. The minimum atomic E-state index is -0.990. The lowest BCUT2D eigenvalue weighted by molar-refractivity contribution is -0.144. The summed E-state index contributed by atoms with van der Waals surface area (Å²) in [4.78, 5) is 54.9. The predicted octanol–water partition coefficient (Wildman–Crippen LogP) is 3.50. The molecule has 8 nitrogen and oxygen atoms in total. The maximum Gasteiger partial charge on any atom is 0.295 e. The minimum Gasteiger partial charge on any atom is -0.320 e. The Balaban J connectivity index is 1.32. The van der Waals surface area contributed by atoms with Gasteiger partial charge >= 0.3 is 0 Å². The third kappa shape index (κ3) is 3.64. The summed E-state index contributed by atoms with van der Waals surface area (Å²) in [5, 5.41) is 2.71. The number of benzene rings is 2. The lowest BCUT2D eigenvalue weighted by atomic mass is 9.85. The lowest BCUT2D eigenvalue weighted by Crippen LogP contribution is -2.38. The van der Waals surface area contributed by atoms with E-state index >= 15 is 0 Å². The highest BCUT2D eigenvalue weighted by atomic mass is 19.1. The molecule has 9 heteroatoms. The first kappa shape index (κ1) is 24.1. The first-order chi connectivity index (χ1) is 18.3. The number of aromatic nitrogens is 2. The molecule has 38 heavy (non-hydrogen) atoms. The van der Waals surface area contributed by atoms with Crippen molar-refractivity contribution in [1.82, 2.24) is 14.3 Å². The molecule has 3 aliphatic rings. The van der Waals surface area contributed by atoms with Gasteiger partial charge in [0, 0.05) is 7.05 Å². The zero-order chi connectivity index (χ0) is 26.7. The van der Waals surface area contributed by atoms with Gasteiger partial charge in [-0.25, -0.2) is 9.07 Å². The summed E-state index contributed by atoms with van der Waals surface area (Å²) in [6, 6.07) is 13.7. The Labute approximate surface area is 218 Å². The number of halogens is 1. The van der Waals surface area contributed by atoms with Gasteiger partial charge in [-0.05, 0) is 55.0 Å². The van der Waals surface area contributed by atoms with Crippen molar-refractivity contribution in [3.8, 4) is 5.69 Å². The van der Waals surface area contributed by atoms with Gasteiger partial charge in [0.15, 0.2) is 0 Å². The van der Waals surface area contributed by atoms with Crippen LogP contribution in [0.4, 0.5) is 10.1 Å². The standard InChI is InChI=1S/C29H27FN4O4/c1-16-26(29(38)34(32(16)2)21-9-4-3-5-10-21)31-23(35)15-22(17-7-6-8-20(30)14-17)33-27(36)24-18-11-12-19(13-18)25(24)28(33)37/h3-12,14,18-19,22,24-25H,13,15H2,1-2H3,(H,31,35). The largest absolute Gasteiger partial charge is 0.320 e. The molecular weight excluding hydrogens is 487 g/mol. The Morgan fingerprint density at radius 1 is 1.00 bits per heavy atom. The number of rotatable bonds is 6. The van der Waals surface area contributed by atoms with Crippen molar-refractivity contribution in [3.63, 3.8) is 0 Å². The van der Waals surface area contributed by atoms with Crippen molar-refractivity contribution in [2.75, 3.05) is 5.32 Å². The average molecular weight is 515 g/mol. The maximum absolute atomic E-state index is 14.2. The lowest BCUT2D eigenvalue weighted by Gasteiger charge is -2.28. The van der Waals surface area contributed by atoms with E-state index in [0.717, 1.165) is 11.3 Å². The molecule has 0 spiro atoms. The molecule has 1 saturated carbocycles. The fourth-order valence-electron chi connectivity index (χ4n) is 6.38. The molecule has 1 saturated heterocycles. The molecule has 2 bridgehead atoms. The first-order valence-electron chi connectivity index (χ1n) is 12.7. The summed E-state index contributed by atoms with van der Waals surface area (Å²) < 4.78 is 17.3. The SMILES string of the molecule is Cc1c(NC(=O)CC(c2cccc(F)c2)N2C(=O)C3C4C=CC(C4)C3C2=O)c(=O)n(-c2ccccc2)n1C. The normalized spacial score (nSPS) is 24.2. The van der Waals surface area contributed by atoms with Crippen molar-refractivity contribution in [2.45, 2.75) is 25.8 Å². The Bertz CT molecular complexity index is 1530. The molecule has 194 valence electrons.